The number of amides is 1. The van der Waals surface area contributed by atoms with E-state index < -0.39 is 12.0 Å². The Morgan fingerprint density at radius 1 is 1.24 bits per heavy atom. The Balaban J connectivity index is 0.00000420. The SMILES string of the molecule is COC(=O)C(Cc1cnc[nH]1)NC(=O)Cc1ccccc1N(CCCl)CCCl.Cl. The fraction of sp³-hybridized carbons (Fsp3) is 0.421. The minimum atomic E-state index is -0.799. The van der Waals surface area contributed by atoms with Gasteiger partial charge in [0.25, 0.3) is 0 Å². The number of anilines is 1. The summed E-state index contributed by atoms with van der Waals surface area (Å²) in [6.07, 6.45) is 3.51. The number of hydrogen-bond acceptors (Lipinski definition) is 5. The van der Waals surface area contributed by atoms with Crippen molar-refractivity contribution in [2.45, 2.75) is 18.9 Å². The number of methoxy groups -OCH3 is 1. The molecule has 0 saturated heterocycles. The molecule has 2 aromatic rings. The molecule has 0 saturated carbocycles. The van der Waals surface area contributed by atoms with E-state index in [-0.39, 0.29) is 31.2 Å². The largest absolute Gasteiger partial charge is 0.467 e. The fourth-order valence-corrected chi connectivity index (χ4v) is 3.30. The van der Waals surface area contributed by atoms with E-state index >= 15 is 0 Å². The zero-order valence-corrected chi connectivity index (χ0v) is 18.4. The molecule has 2 rings (SSSR count). The van der Waals surface area contributed by atoms with Gasteiger partial charge in [-0.15, -0.1) is 35.6 Å². The monoisotopic (exact) mass is 462 g/mol. The summed E-state index contributed by atoms with van der Waals surface area (Å²) in [5.41, 5.74) is 2.47. The second-order valence-electron chi connectivity index (χ2n) is 6.09. The highest BCUT2D eigenvalue weighted by Crippen LogP contribution is 2.21. The molecule has 1 atom stereocenters. The van der Waals surface area contributed by atoms with Gasteiger partial charge in [-0.05, 0) is 11.6 Å². The molecule has 0 spiro atoms. The van der Waals surface area contributed by atoms with Crippen LogP contribution in [0.2, 0.25) is 0 Å². The maximum atomic E-state index is 12.6. The molecule has 0 radical (unpaired) electrons. The number of aromatic amines is 1. The van der Waals surface area contributed by atoms with Gasteiger partial charge in [0.05, 0.1) is 19.9 Å². The second kappa shape index (κ2) is 13.3. The highest BCUT2D eigenvalue weighted by Gasteiger charge is 2.23. The van der Waals surface area contributed by atoms with Crippen molar-refractivity contribution in [3.05, 3.63) is 48.0 Å². The summed E-state index contributed by atoms with van der Waals surface area (Å²) in [4.78, 5) is 33.6. The Labute approximate surface area is 186 Å². The van der Waals surface area contributed by atoms with Crippen LogP contribution in [-0.2, 0) is 27.2 Å². The molecule has 1 heterocycles. The zero-order chi connectivity index (χ0) is 20.4. The molecule has 0 aliphatic heterocycles. The van der Waals surface area contributed by atoms with Crippen LogP contribution in [0.3, 0.4) is 0 Å². The van der Waals surface area contributed by atoms with Crippen LogP contribution < -0.4 is 10.2 Å². The third kappa shape index (κ3) is 7.76. The van der Waals surface area contributed by atoms with Crippen LogP contribution in [0.15, 0.2) is 36.8 Å². The summed E-state index contributed by atoms with van der Waals surface area (Å²) in [5.74, 6) is 0.110. The van der Waals surface area contributed by atoms with Gasteiger partial charge in [-0.2, -0.15) is 0 Å². The lowest BCUT2D eigenvalue weighted by Gasteiger charge is -2.25. The zero-order valence-electron chi connectivity index (χ0n) is 16.1. The Morgan fingerprint density at radius 3 is 2.52 bits per heavy atom. The van der Waals surface area contributed by atoms with E-state index in [9.17, 15) is 9.59 Å². The molecule has 29 heavy (non-hydrogen) atoms. The van der Waals surface area contributed by atoms with Gasteiger partial charge >= 0.3 is 5.97 Å². The molecular formula is C19H25Cl3N4O3. The van der Waals surface area contributed by atoms with Crippen molar-refractivity contribution < 1.29 is 14.3 Å². The number of aromatic nitrogens is 2. The van der Waals surface area contributed by atoms with Crippen LogP contribution >= 0.6 is 35.6 Å². The van der Waals surface area contributed by atoms with E-state index in [0.717, 1.165) is 16.9 Å². The van der Waals surface area contributed by atoms with Crippen LogP contribution in [0, 0.1) is 0 Å². The standard InChI is InChI=1S/C19H24Cl2N4O3.ClH/c1-28-19(27)16(11-15-12-22-13-23-15)24-18(26)10-14-4-2-3-5-17(14)25(8-6-20)9-7-21;/h2-5,12-13,16H,6-11H2,1H3,(H,22,23)(H,24,26);1H. The molecule has 0 bridgehead atoms. The van der Waals surface area contributed by atoms with E-state index in [1.54, 1.807) is 6.20 Å². The minimum absolute atomic E-state index is 0. The smallest absolute Gasteiger partial charge is 0.328 e. The number of alkyl halides is 2. The number of para-hydroxylation sites is 1. The average molecular weight is 464 g/mol. The molecule has 0 fully saturated rings. The van der Waals surface area contributed by atoms with Crippen molar-refractivity contribution >= 4 is 53.2 Å². The van der Waals surface area contributed by atoms with Gasteiger partial charge in [-0.25, -0.2) is 9.78 Å². The summed E-state index contributed by atoms with van der Waals surface area (Å²) >= 11 is 11.8. The topological polar surface area (TPSA) is 87.3 Å². The van der Waals surface area contributed by atoms with Crippen LogP contribution in [0.1, 0.15) is 11.3 Å². The Bertz CT molecular complexity index is 753. The molecule has 1 aromatic carbocycles. The summed E-state index contributed by atoms with van der Waals surface area (Å²) in [6, 6.07) is 6.79. The number of ether oxygens (including phenoxy) is 1. The van der Waals surface area contributed by atoms with Gasteiger partial charge in [0, 0.05) is 48.8 Å². The third-order valence-electron chi connectivity index (χ3n) is 4.19. The number of carbonyl (C=O) groups is 2. The number of imidazole rings is 1. The van der Waals surface area contributed by atoms with Gasteiger partial charge in [0.1, 0.15) is 6.04 Å². The first-order chi connectivity index (χ1) is 13.6. The molecule has 0 aliphatic rings. The first-order valence-electron chi connectivity index (χ1n) is 8.88. The van der Waals surface area contributed by atoms with Gasteiger partial charge < -0.3 is 19.9 Å². The number of benzene rings is 1. The van der Waals surface area contributed by atoms with Crippen molar-refractivity contribution in [3.8, 4) is 0 Å². The van der Waals surface area contributed by atoms with E-state index in [4.69, 9.17) is 27.9 Å². The molecule has 160 valence electrons. The number of nitrogens with one attached hydrogen (secondary N) is 2. The Kier molecular flexibility index (Phi) is 11.5. The first-order valence-corrected chi connectivity index (χ1v) is 9.95. The third-order valence-corrected chi connectivity index (χ3v) is 4.53. The number of carbonyl (C=O) groups excluding carboxylic acids is 2. The lowest BCUT2D eigenvalue weighted by Crippen LogP contribution is -2.44. The van der Waals surface area contributed by atoms with Crippen LogP contribution in [-0.4, -0.2) is 59.8 Å². The van der Waals surface area contributed by atoms with Crippen molar-refractivity contribution in [2.75, 3.05) is 36.9 Å². The number of esters is 1. The fourth-order valence-electron chi connectivity index (χ4n) is 2.90. The van der Waals surface area contributed by atoms with Gasteiger partial charge in [0.15, 0.2) is 0 Å². The predicted octanol–water partition coefficient (Wildman–Crippen LogP) is 2.56. The van der Waals surface area contributed by atoms with Gasteiger partial charge in [0.2, 0.25) is 5.91 Å². The number of H-pyrrole nitrogens is 1. The van der Waals surface area contributed by atoms with Gasteiger partial charge in [-0.1, -0.05) is 18.2 Å². The Hall–Kier alpha value is -1.96. The summed E-state index contributed by atoms with van der Waals surface area (Å²) in [5, 5.41) is 2.75. The van der Waals surface area contributed by atoms with Crippen molar-refractivity contribution in [1.82, 2.24) is 15.3 Å². The molecule has 1 aromatic heterocycles. The molecule has 10 heteroatoms. The molecule has 7 nitrogen and oxygen atoms in total. The van der Waals surface area contributed by atoms with E-state index in [0.29, 0.717) is 24.8 Å². The maximum Gasteiger partial charge on any atom is 0.328 e. The maximum absolute atomic E-state index is 12.6. The van der Waals surface area contributed by atoms with Crippen molar-refractivity contribution in [3.63, 3.8) is 0 Å². The van der Waals surface area contributed by atoms with Gasteiger partial charge in [-0.3, -0.25) is 4.79 Å². The Morgan fingerprint density at radius 2 is 1.93 bits per heavy atom. The lowest BCUT2D eigenvalue weighted by atomic mass is 10.1. The highest BCUT2D eigenvalue weighted by molar-refractivity contribution is 6.18. The summed E-state index contributed by atoms with van der Waals surface area (Å²) in [6.45, 7) is 1.25. The number of halogens is 3. The van der Waals surface area contributed by atoms with Crippen molar-refractivity contribution in [1.29, 1.82) is 0 Å². The summed E-state index contributed by atoms with van der Waals surface area (Å²) < 4.78 is 4.81. The minimum Gasteiger partial charge on any atom is -0.467 e. The normalized spacial score (nSPS) is 11.3. The second-order valence-corrected chi connectivity index (χ2v) is 6.85. The van der Waals surface area contributed by atoms with E-state index in [1.165, 1.54) is 13.4 Å². The number of hydrogen-bond donors (Lipinski definition) is 2. The summed E-state index contributed by atoms with van der Waals surface area (Å²) in [7, 11) is 1.29. The van der Waals surface area contributed by atoms with Crippen LogP contribution in [0.4, 0.5) is 5.69 Å². The van der Waals surface area contributed by atoms with Crippen LogP contribution in [0.5, 0.6) is 0 Å². The predicted molar refractivity (Wildman–Crippen MR) is 117 cm³/mol. The van der Waals surface area contributed by atoms with Crippen LogP contribution in [0.25, 0.3) is 0 Å². The number of rotatable bonds is 11. The van der Waals surface area contributed by atoms with Crippen molar-refractivity contribution in [2.24, 2.45) is 0 Å². The molecular weight excluding hydrogens is 439 g/mol. The quantitative estimate of drug-likeness (QED) is 0.395. The lowest BCUT2D eigenvalue weighted by molar-refractivity contribution is -0.145. The average Bonchev–Trinajstić information content (AvgIpc) is 3.20. The molecule has 0 aliphatic carbocycles. The number of nitrogens with zero attached hydrogens (tertiary/aromatic N) is 2. The molecule has 1 unspecified atom stereocenters. The molecule has 1 amide bonds. The molecule has 2 N–H and O–H groups in total. The van der Waals surface area contributed by atoms with E-state index in [2.05, 4.69) is 15.3 Å². The van der Waals surface area contributed by atoms with E-state index in [1.807, 2.05) is 29.2 Å². The highest BCUT2D eigenvalue weighted by atomic mass is 35.5. The first kappa shape index (κ1) is 25.1.